The first-order chi connectivity index (χ1) is 21.5. The highest BCUT2D eigenvalue weighted by atomic mass is 16.4. The van der Waals surface area contributed by atoms with Gasteiger partial charge >= 0.3 is 11.9 Å². The molecule has 0 rings (SSSR count). The minimum Gasteiger partial charge on any atom is -0.481 e. The standard InChI is InChI=1S/C22H44O2.C18H32O2/c1-2-3-4-5-6-7-8-9-10-11-12-13-14-15-16-17-18-19-20-21-22(23)24;1-2-3-4-5-6-7-8-9-10-11-12-13-14-15-16-17-18(19)20/h2-21H2,1H3,(H,23,24);6-7,9-10H,2-5,8,11-17H2,1H3,(H,19,20)/b;7-6-,10-9-. The van der Waals surface area contributed by atoms with E-state index in [4.69, 9.17) is 10.2 Å². The minimum absolute atomic E-state index is 0.324. The zero-order valence-corrected chi connectivity index (χ0v) is 29.6. The summed E-state index contributed by atoms with van der Waals surface area (Å²) < 4.78 is 0. The number of unbranched alkanes of at least 4 members (excludes halogenated alkanes) is 26. The molecule has 260 valence electrons. The van der Waals surface area contributed by atoms with Crippen molar-refractivity contribution in [1.29, 1.82) is 0 Å². The van der Waals surface area contributed by atoms with E-state index in [1.165, 1.54) is 154 Å². The summed E-state index contributed by atoms with van der Waals surface area (Å²) in [4.78, 5) is 20.7. The quantitative estimate of drug-likeness (QED) is 0.0554. The van der Waals surface area contributed by atoms with E-state index in [1.54, 1.807) is 0 Å². The van der Waals surface area contributed by atoms with Gasteiger partial charge in [0, 0.05) is 12.8 Å². The van der Waals surface area contributed by atoms with Gasteiger partial charge in [0.2, 0.25) is 0 Å². The van der Waals surface area contributed by atoms with Crippen molar-refractivity contribution in [3.63, 3.8) is 0 Å². The maximum atomic E-state index is 10.4. The zero-order chi connectivity index (χ0) is 32.6. The van der Waals surface area contributed by atoms with E-state index in [-0.39, 0.29) is 0 Å². The molecule has 0 amide bonds. The zero-order valence-electron chi connectivity index (χ0n) is 29.6. The topological polar surface area (TPSA) is 74.6 Å². The number of carboxylic acids is 2. The van der Waals surface area contributed by atoms with E-state index in [0.717, 1.165) is 38.5 Å². The van der Waals surface area contributed by atoms with Crippen LogP contribution >= 0.6 is 0 Å². The lowest BCUT2D eigenvalue weighted by Crippen LogP contribution is -1.93. The van der Waals surface area contributed by atoms with Gasteiger partial charge in [0.1, 0.15) is 0 Å². The fourth-order valence-corrected chi connectivity index (χ4v) is 5.44. The molecule has 0 aromatic rings. The molecular formula is C40H76O4. The van der Waals surface area contributed by atoms with Gasteiger partial charge < -0.3 is 10.2 Å². The van der Waals surface area contributed by atoms with Crippen molar-refractivity contribution in [2.45, 2.75) is 219 Å². The number of rotatable bonds is 34. The van der Waals surface area contributed by atoms with Gasteiger partial charge in [-0.15, -0.1) is 0 Å². The molecule has 0 spiro atoms. The van der Waals surface area contributed by atoms with Crippen LogP contribution < -0.4 is 0 Å². The monoisotopic (exact) mass is 621 g/mol. The van der Waals surface area contributed by atoms with Gasteiger partial charge in [-0.25, -0.2) is 0 Å². The third-order valence-electron chi connectivity index (χ3n) is 8.34. The lowest BCUT2D eigenvalue weighted by molar-refractivity contribution is -0.138. The van der Waals surface area contributed by atoms with Crippen LogP contribution in [0, 0.1) is 0 Å². The molecule has 0 aliphatic rings. The highest BCUT2D eigenvalue weighted by molar-refractivity contribution is 5.66. The summed E-state index contributed by atoms with van der Waals surface area (Å²) in [5.41, 5.74) is 0. The van der Waals surface area contributed by atoms with Crippen LogP contribution in [-0.2, 0) is 9.59 Å². The molecule has 0 saturated heterocycles. The van der Waals surface area contributed by atoms with Crippen LogP contribution in [-0.4, -0.2) is 22.2 Å². The maximum absolute atomic E-state index is 10.4. The van der Waals surface area contributed by atoms with Gasteiger partial charge in [-0.1, -0.05) is 186 Å². The normalized spacial score (nSPS) is 11.3. The van der Waals surface area contributed by atoms with Crippen LogP contribution in [0.15, 0.2) is 24.3 Å². The van der Waals surface area contributed by atoms with Crippen molar-refractivity contribution in [1.82, 2.24) is 0 Å². The second kappa shape index (κ2) is 41.4. The Bertz CT molecular complexity index is 625. The highest BCUT2D eigenvalue weighted by Gasteiger charge is 1.98. The van der Waals surface area contributed by atoms with Crippen LogP contribution in [0.5, 0.6) is 0 Å². The van der Waals surface area contributed by atoms with Crippen LogP contribution in [0.1, 0.15) is 219 Å². The predicted octanol–water partition coefficient (Wildman–Crippen LogP) is 13.8. The van der Waals surface area contributed by atoms with E-state index in [0.29, 0.717) is 12.8 Å². The van der Waals surface area contributed by atoms with Crippen LogP contribution in [0.2, 0.25) is 0 Å². The second-order valence-corrected chi connectivity index (χ2v) is 12.9. The molecule has 0 aliphatic carbocycles. The largest absolute Gasteiger partial charge is 0.481 e. The number of carboxylic acid groups (broad SMARTS) is 2. The molecule has 0 fully saturated rings. The van der Waals surface area contributed by atoms with Gasteiger partial charge in [0.15, 0.2) is 0 Å². The Balaban J connectivity index is 0. The molecule has 0 bridgehead atoms. The number of carbonyl (C=O) groups is 2. The van der Waals surface area contributed by atoms with Crippen molar-refractivity contribution in [3.8, 4) is 0 Å². The Morgan fingerprint density at radius 1 is 0.364 bits per heavy atom. The minimum atomic E-state index is -0.671. The van der Waals surface area contributed by atoms with Crippen molar-refractivity contribution < 1.29 is 19.8 Å². The fraction of sp³-hybridized carbons (Fsp3) is 0.850. The summed E-state index contributed by atoms with van der Waals surface area (Å²) in [5.74, 6) is -1.32. The van der Waals surface area contributed by atoms with Crippen molar-refractivity contribution in [3.05, 3.63) is 24.3 Å². The van der Waals surface area contributed by atoms with Gasteiger partial charge in [0.25, 0.3) is 0 Å². The number of allylic oxidation sites excluding steroid dienone is 4. The Labute approximate surface area is 275 Å². The first-order valence-corrected chi connectivity index (χ1v) is 19.3. The predicted molar refractivity (Wildman–Crippen MR) is 193 cm³/mol. The SMILES string of the molecule is CCCCC/C=C\C/C=C\CCCCCCCC(=O)O.CCCCCCCCCCCCCCCCCCCCCC(=O)O. The summed E-state index contributed by atoms with van der Waals surface area (Å²) in [6.45, 7) is 4.52. The Kier molecular flexibility index (Phi) is 41.9. The van der Waals surface area contributed by atoms with Crippen LogP contribution in [0.4, 0.5) is 0 Å². The molecule has 0 atom stereocenters. The molecule has 0 heterocycles. The number of aliphatic carboxylic acids is 2. The highest BCUT2D eigenvalue weighted by Crippen LogP contribution is 2.15. The summed E-state index contributed by atoms with van der Waals surface area (Å²) in [7, 11) is 0. The third-order valence-corrected chi connectivity index (χ3v) is 8.34. The maximum Gasteiger partial charge on any atom is 0.303 e. The van der Waals surface area contributed by atoms with E-state index in [1.807, 2.05) is 0 Å². The average Bonchev–Trinajstić information content (AvgIpc) is 3.00. The van der Waals surface area contributed by atoms with Crippen molar-refractivity contribution in [2.24, 2.45) is 0 Å². The summed E-state index contributed by atoms with van der Waals surface area (Å²) in [6.07, 6.45) is 48.4. The molecule has 0 radical (unpaired) electrons. The third kappa shape index (κ3) is 47.4. The van der Waals surface area contributed by atoms with Crippen molar-refractivity contribution in [2.75, 3.05) is 0 Å². The Morgan fingerprint density at radius 2 is 0.614 bits per heavy atom. The molecular weight excluding hydrogens is 544 g/mol. The number of hydrogen-bond acceptors (Lipinski definition) is 2. The summed E-state index contributed by atoms with van der Waals surface area (Å²) >= 11 is 0. The van der Waals surface area contributed by atoms with Crippen LogP contribution in [0.25, 0.3) is 0 Å². The lowest BCUT2D eigenvalue weighted by atomic mass is 10.0. The molecule has 2 N–H and O–H groups in total. The van der Waals surface area contributed by atoms with E-state index >= 15 is 0 Å². The summed E-state index contributed by atoms with van der Waals surface area (Å²) in [6, 6.07) is 0. The van der Waals surface area contributed by atoms with E-state index < -0.39 is 11.9 Å². The van der Waals surface area contributed by atoms with Gasteiger partial charge in [0.05, 0.1) is 0 Å². The molecule has 0 unspecified atom stereocenters. The first-order valence-electron chi connectivity index (χ1n) is 19.3. The molecule has 44 heavy (non-hydrogen) atoms. The van der Waals surface area contributed by atoms with Crippen molar-refractivity contribution >= 4 is 11.9 Å². The van der Waals surface area contributed by atoms with Gasteiger partial charge in [-0.3, -0.25) is 9.59 Å². The van der Waals surface area contributed by atoms with E-state index in [9.17, 15) is 9.59 Å². The number of hydrogen-bond donors (Lipinski definition) is 2. The molecule has 4 nitrogen and oxygen atoms in total. The molecule has 0 aromatic heterocycles. The average molecular weight is 621 g/mol. The molecule has 0 aromatic carbocycles. The van der Waals surface area contributed by atoms with E-state index in [2.05, 4.69) is 38.2 Å². The Hall–Kier alpha value is -1.58. The molecule has 0 saturated carbocycles. The van der Waals surface area contributed by atoms with Crippen LogP contribution in [0.3, 0.4) is 0 Å². The smallest absolute Gasteiger partial charge is 0.303 e. The Morgan fingerprint density at radius 3 is 0.932 bits per heavy atom. The first kappa shape index (κ1) is 44.5. The molecule has 0 aliphatic heterocycles. The van der Waals surface area contributed by atoms with Gasteiger partial charge in [-0.05, 0) is 44.9 Å². The molecule has 4 heteroatoms. The van der Waals surface area contributed by atoms with Gasteiger partial charge in [-0.2, -0.15) is 0 Å². The summed E-state index contributed by atoms with van der Waals surface area (Å²) in [5, 5.41) is 17.1. The second-order valence-electron chi connectivity index (χ2n) is 12.9. The fourth-order valence-electron chi connectivity index (χ4n) is 5.44. The lowest BCUT2D eigenvalue weighted by Gasteiger charge is -2.03.